The number of nitrogens with zero attached hydrogens (tertiary/aromatic N) is 4. The summed E-state index contributed by atoms with van der Waals surface area (Å²) in [6, 6.07) is 0. The molecule has 2 aromatic heterocycles. The van der Waals surface area contributed by atoms with Crippen LogP contribution in [0.4, 0.5) is 5.82 Å². The molecule has 21 heteroatoms. The van der Waals surface area contributed by atoms with Crippen molar-refractivity contribution >= 4 is 40.4 Å². The van der Waals surface area contributed by atoms with E-state index >= 15 is 0 Å². The van der Waals surface area contributed by atoms with E-state index in [9.17, 15) is 28.8 Å². The number of imidazole rings is 1. The van der Waals surface area contributed by atoms with Crippen molar-refractivity contribution in [2.45, 2.75) is 24.5 Å². The minimum atomic E-state index is -5.70. The lowest BCUT2D eigenvalue weighted by Crippen LogP contribution is -2.33. The summed E-state index contributed by atoms with van der Waals surface area (Å²) in [6.07, 6.45) is -3.69. The molecule has 1 aliphatic heterocycles. The third-order valence-electron chi connectivity index (χ3n) is 3.82. The molecule has 18 nitrogen and oxygen atoms in total. The molecule has 1 fully saturated rings. The number of nitrogens with two attached hydrogens (primary N) is 1. The van der Waals surface area contributed by atoms with Gasteiger partial charge in [0.15, 0.2) is 17.7 Å². The lowest BCUT2D eigenvalue weighted by atomic mass is 10.1. The van der Waals surface area contributed by atoms with Crippen molar-refractivity contribution < 1.29 is 61.4 Å². The molecule has 0 aromatic carbocycles. The Hall–Kier alpha value is -1.36. The van der Waals surface area contributed by atoms with Crippen LogP contribution in [0.2, 0.25) is 0 Å². The summed E-state index contributed by atoms with van der Waals surface area (Å²) in [5.41, 5.74) is 6.00. The number of hydrogen-bond acceptors (Lipinski definition) is 13. The molecule has 174 valence electrons. The van der Waals surface area contributed by atoms with Crippen LogP contribution in [0.3, 0.4) is 0 Å². The lowest BCUT2D eigenvalue weighted by molar-refractivity contribution is -0.0503. The number of aromatic nitrogens is 4. The topological polar surface area (TPSA) is 279 Å². The van der Waals surface area contributed by atoms with Crippen LogP contribution in [0.25, 0.3) is 11.2 Å². The Balaban J connectivity index is 1.69. The van der Waals surface area contributed by atoms with E-state index in [1.54, 1.807) is 0 Å². The largest absolute Gasteiger partial charge is 0.490 e. The number of phosphoric ester groups is 1. The Morgan fingerprint density at radius 1 is 1.03 bits per heavy atom. The fraction of sp³-hybridized carbons (Fsp3) is 0.500. The van der Waals surface area contributed by atoms with E-state index in [0.717, 1.165) is 6.33 Å². The Morgan fingerprint density at radius 3 is 2.35 bits per heavy atom. The third-order valence-corrected chi connectivity index (χ3v) is 7.62. The van der Waals surface area contributed by atoms with Crippen molar-refractivity contribution in [1.82, 2.24) is 19.5 Å². The van der Waals surface area contributed by atoms with E-state index in [0.29, 0.717) is 0 Å². The molecule has 0 saturated carbocycles. The quantitative estimate of drug-likeness (QED) is 0.197. The molecular formula is C10H16N5O13P3. The SMILES string of the molecule is Nc1ncnc2c1ncn2[C@H]1O[C@@H](COP(=O)(O)OP(=O)(O)OP(=O)(O)O)[C@H](O)[C@H]1O. The summed E-state index contributed by atoms with van der Waals surface area (Å²) in [4.78, 5) is 47.2. The van der Waals surface area contributed by atoms with Gasteiger partial charge in [0.1, 0.15) is 30.2 Å². The zero-order chi connectivity index (χ0) is 23.2. The van der Waals surface area contributed by atoms with E-state index < -0.39 is 54.6 Å². The van der Waals surface area contributed by atoms with Gasteiger partial charge in [0.2, 0.25) is 0 Å². The molecule has 0 bridgehead atoms. The zero-order valence-electron chi connectivity index (χ0n) is 14.9. The number of hydrogen-bond donors (Lipinski definition) is 7. The van der Waals surface area contributed by atoms with Crippen LogP contribution >= 0.6 is 23.5 Å². The van der Waals surface area contributed by atoms with E-state index in [-0.39, 0.29) is 17.0 Å². The van der Waals surface area contributed by atoms with Crippen molar-refractivity contribution in [3.8, 4) is 0 Å². The standard InChI is InChI=1S/C10H16N5O13P3/c11-8-5-9(13-2-12-8)15(3-14-5)10-7(17)6(16)4(26-10)1-25-30(21,22)28-31(23,24)27-29(18,19)20/h2-4,6-7,10,16-17H,1H2,(H,21,22)(H,23,24)(H2,11,12,13)(H2,18,19,20)/t4-,6-,7+,10-/m0/s1. The Morgan fingerprint density at radius 2 is 1.71 bits per heavy atom. The van der Waals surface area contributed by atoms with Crippen molar-refractivity contribution in [3.05, 3.63) is 12.7 Å². The second-order valence-electron chi connectivity index (χ2n) is 6.02. The van der Waals surface area contributed by atoms with Gasteiger partial charge in [-0.25, -0.2) is 28.6 Å². The minimum Gasteiger partial charge on any atom is -0.387 e. The van der Waals surface area contributed by atoms with Gasteiger partial charge >= 0.3 is 23.5 Å². The molecule has 1 saturated heterocycles. The maximum atomic E-state index is 11.8. The fourth-order valence-corrected chi connectivity index (χ4v) is 5.65. The van der Waals surface area contributed by atoms with Gasteiger partial charge in [-0.05, 0) is 0 Å². The van der Waals surface area contributed by atoms with E-state index in [1.807, 2.05) is 0 Å². The molecule has 1 aliphatic rings. The van der Waals surface area contributed by atoms with Crippen LogP contribution in [0.1, 0.15) is 6.23 Å². The Kier molecular flexibility index (Phi) is 6.68. The fourth-order valence-electron chi connectivity index (χ4n) is 2.62. The zero-order valence-corrected chi connectivity index (χ0v) is 17.6. The first kappa shape index (κ1) is 24.3. The van der Waals surface area contributed by atoms with Gasteiger partial charge in [-0.15, -0.1) is 0 Å². The number of nitrogen functional groups attached to an aromatic ring is 1. The Bertz CT molecular complexity index is 1100. The summed E-state index contributed by atoms with van der Waals surface area (Å²) < 4.78 is 51.9. The van der Waals surface area contributed by atoms with Crippen molar-refractivity contribution in [3.63, 3.8) is 0 Å². The predicted octanol–water partition coefficient (Wildman–Crippen LogP) is -1.63. The highest BCUT2D eigenvalue weighted by Gasteiger charge is 2.47. The molecule has 6 atom stereocenters. The molecule has 3 heterocycles. The second kappa shape index (κ2) is 8.53. The molecule has 0 aliphatic carbocycles. The average molecular weight is 507 g/mol. The van der Waals surface area contributed by atoms with E-state index in [4.69, 9.17) is 25.2 Å². The molecule has 0 spiro atoms. The summed E-state index contributed by atoms with van der Waals surface area (Å²) >= 11 is 0. The number of aliphatic hydroxyl groups is 2. The number of phosphoric acid groups is 3. The van der Waals surface area contributed by atoms with E-state index in [2.05, 4.69) is 28.1 Å². The number of ether oxygens (including phenoxy) is 1. The third kappa shape index (κ3) is 5.71. The van der Waals surface area contributed by atoms with Crippen molar-refractivity contribution in [2.24, 2.45) is 0 Å². The van der Waals surface area contributed by atoms with Crippen LogP contribution < -0.4 is 5.73 Å². The number of rotatable bonds is 8. The van der Waals surface area contributed by atoms with Crippen LogP contribution in [-0.4, -0.2) is 74.2 Å². The molecule has 3 rings (SSSR count). The normalized spacial score (nSPS) is 28.5. The maximum absolute atomic E-state index is 11.8. The monoisotopic (exact) mass is 507 g/mol. The molecular weight excluding hydrogens is 491 g/mol. The van der Waals surface area contributed by atoms with Crippen LogP contribution in [0, 0.1) is 0 Å². The summed E-state index contributed by atoms with van der Waals surface area (Å²) in [5.74, 6) is 0.0426. The highest BCUT2D eigenvalue weighted by Crippen LogP contribution is 2.66. The molecule has 0 radical (unpaired) electrons. The molecule has 2 aromatic rings. The van der Waals surface area contributed by atoms with Crippen LogP contribution in [-0.2, 0) is 31.6 Å². The first-order valence-corrected chi connectivity index (χ1v) is 12.4. The molecule has 2 unspecified atom stereocenters. The van der Waals surface area contributed by atoms with Gasteiger partial charge in [0, 0.05) is 0 Å². The molecule has 0 amide bonds. The summed E-state index contributed by atoms with van der Waals surface area (Å²) in [6.45, 7) is -0.956. The second-order valence-corrected chi connectivity index (χ2v) is 10.4. The van der Waals surface area contributed by atoms with Crippen LogP contribution in [0.5, 0.6) is 0 Å². The summed E-state index contributed by atoms with van der Waals surface area (Å²) in [5, 5.41) is 20.4. The lowest BCUT2D eigenvalue weighted by Gasteiger charge is -2.19. The maximum Gasteiger partial charge on any atom is 0.490 e. The van der Waals surface area contributed by atoms with Gasteiger partial charge < -0.3 is 40.3 Å². The van der Waals surface area contributed by atoms with Gasteiger partial charge in [-0.3, -0.25) is 9.09 Å². The van der Waals surface area contributed by atoms with Gasteiger partial charge in [0.25, 0.3) is 0 Å². The average Bonchev–Trinajstić information content (AvgIpc) is 3.13. The first-order chi connectivity index (χ1) is 14.2. The molecule has 31 heavy (non-hydrogen) atoms. The molecule has 8 N–H and O–H groups in total. The smallest absolute Gasteiger partial charge is 0.387 e. The minimum absolute atomic E-state index is 0.0426. The van der Waals surface area contributed by atoms with Crippen molar-refractivity contribution in [1.29, 1.82) is 0 Å². The number of fused-ring (bicyclic) bond motifs is 1. The van der Waals surface area contributed by atoms with E-state index in [1.165, 1.54) is 10.9 Å². The summed E-state index contributed by atoms with van der Waals surface area (Å²) in [7, 11) is -16.7. The first-order valence-electron chi connectivity index (χ1n) is 7.92. The van der Waals surface area contributed by atoms with Crippen LogP contribution in [0.15, 0.2) is 12.7 Å². The predicted molar refractivity (Wildman–Crippen MR) is 95.5 cm³/mol. The highest BCUT2D eigenvalue weighted by atomic mass is 31.3. The van der Waals surface area contributed by atoms with Gasteiger partial charge in [0.05, 0.1) is 12.9 Å². The van der Waals surface area contributed by atoms with Crippen molar-refractivity contribution in [2.75, 3.05) is 12.3 Å². The number of anilines is 1. The highest BCUT2D eigenvalue weighted by molar-refractivity contribution is 7.66. The van der Waals surface area contributed by atoms with Gasteiger partial charge in [-0.2, -0.15) is 8.62 Å². The Labute approximate surface area is 171 Å². The number of aliphatic hydroxyl groups excluding tert-OH is 2. The van der Waals surface area contributed by atoms with Gasteiger partial charge in [-0.1, -0.05) is 0 Å².